The molecule has 1 atom stereocenters. The first kappa shape index (κ1) is 16.0. The average molecular weight is 340 g/mol. The topological polar surface area (TPSA) is 23.5 Å². The van der Waals surface area contributed by atoms with Crippen molar-refractivity contribution in [3.8, 4) is 0 Å². The van der Waals surface area contributed by atoms with Crippen LogP contribution in [-0.2, 0) is 0 Å². The summed E-state index contributed by atoms with van der Waals surface area (Å²) in [4.78, 5) is 2.39. The first-order chi connectivity index (χ1) is 9.65. The van der Waals surface area contributed by atoms with E-state index in [1.54, 1.807) is 0 Å². The lowest BCUT2D eigenvalue weighted by Crippen LogP contribution is -2.28. The summed E-state index contributed by atoms with van der Waals surface area (Å²) in [6.45, 7) is 2.15. The molecule has 3 heteroatoms. The molecule has 0 spiro atoms. The summed E-state index contributed by atoms with van der Waals surface area (Å²) >= 11 is 3.42. The number of hydrogen-bond acceptors (Lipinski definition) is 2. The predicted molar refractivity (Wildman–Crippen MR) is 87.8 cm³/mol. The number of aliphatic hydroxyl groups is 1. The summed E-state index contributed by atoms with van der Waals surface area (Å²) in [6.07, 6.45) is 7.46. The first-order valence-electron chi connectivity index (χ1n) is 7.77. The van der Waals surface area contributed by atoms with Gasteiger partial charge in [-0.25, -0.2) is 0 Å². The van der Waals surface area contributed by atoms with E-state index in [1.807, 2.05) is 24.3 Å². The van der Waals surface area contributed by atoms with Crippen LogP contribution >= 0.6 is 15.9 Å². The van der Waals surface area contributed by atoms with Gasteiger partial charge in [-0.1, -0.05) is 47.3 Å². The Morgan fingerprint density at radius 2 is 1.85 bits per heavy atom. The van der Waals surface area contributed by atoms with E-state index < -0.39 is 0 Å². The number of aliphatic hydroxyl groups excluding tert-OH is 1. The van der Waals surface area contributed by atoms with E-state index in [9.17, 15) is 5.11 Å². The molecule has 0 aromatic heterocycles. The standard InChI is InChI=1S/C17H26BrNO/c1-19(13-14-5-3-2-4-6-14)12-11-17(20)15-7-9-16(18)10-8-15/h7-10,14,17,20H,2-6,11-13H2,1H3. The quantitative estimate of drug-likeness (QED) is 0.830. The number of nitrogens with zero attached hydrogens (tertiary/aromatic N) is 1. The third kappa shape index (κ3) is 5.19. The van der Waals surface area contributed by atoms with Crippen molar-refractivity contribution in [1.29, 1.82) is 0 Å². The zero-order valence-corrected chi connectivity index (χ0v) is 14.0. The molecule has 1 unspecified atom stereocenters. The first-order valence-corrected chi connectivity index (χ1v) is 8.56. The minimum absolute atomic E-state index is 0.350. The third-order valence-electron chi connectivity index (χ3n) is 4.33. The van der Waals surface area contributed by atoms with Gasteiger partial charge in [-0.15, -0.1) is 0 Å². The molecule has 112 valence electrons. The van der Waals surface area contributed by atoms with E-state index in [2.05, 4.69) is 27.9 Å². The second-order valence-electron chi connectivity index (χ2n) is 6.12. The summed E-state index contributed by atoms with van der Waals surface area (Å²) < 4.78 is 1.06. The van der Waals surface area contributed by atoms with E-state index in [0.29, 0.717) is 0 Å². The Kier molecular flexibility index (Phi) is 6.53. The van der Waals surface area contributed by atoms with Gasteiger partial charge in [0.2, 0.25) is 0 Å². The maximum Gasteiger partial charge on any atom is 0.0802 e. The summed E-state index contributed by atoms with van der Waals surface area (Å²) in [5, 5.41) is 10.2. The molecule has 0 bridgehead atoms. The average Bonchev–Trinajstić information content (AvgIpc) is 2.46. The lowest BCUT2D eigenvalue weighted by molar-refractivity contribution is 0.140. The van der Waals surface area contributed by atoms with Gasteiger partial charge in [0.25, 0.3) is 0 Å². The number of benzene rings is 1. The van der Waals surface area contributed by atoms with Crippen LogP contribution in [0.2, 0.25) is 0 Å². The number of rotatable bonds is 6. The van der Waals surface area contributed by atoms with Crippen LogP contribution in [0.15, 0.2) is 28.7 Å². The van der Waals surface area contributed by atoms with Crippen LogP contribution in [0.25, 0.3) is 0 Å². The second kappa shape index (κ2) is 8.16. The van der Waals surface area contributed by atoms with Gasteiger partial charge in [0, 0.05) is 17.6 Å². The molecule has 1 N–H and O–H groups in total. The van der Waals surface area contributed by atoms with Gasteiger partial charge >= 0.3 is 0 Å². The van der Waals surface area contributed by atoms with E-state index in [-0.39, 0.29) is 6.10 Å². The fourth-order valence-corrected chi connectivity index (χ4v) is 3.36. The van der Waals surface area contributed by atoms with Crippen molar-refractivity contribution in [3.05, 3.63) is 34.3 Å². The zero-order chi connectivity index (χ0) is 14.4. The molecule has 1 aromatic rings. The minimum atomic E-state index is -0.350. The Morgan fingerprint density at radius 1 is 1.20 bits per heavy atom. The molecule has 1 saturated carbocycles. The Balaban J connectivity index is 1.71. The molecule has 0 saturated heterocycles. The van der Waals surface area contributed by atoms with Crippen molar-refractivity contribution >= 4 is 15.9 Å². The summed E-state index contributed by atoms with van der Waals surface area (Å²) in [7, 11) is 2.18. The van der Waals surface area contributed by atoms with E-state index >= 15 is 0 Å². The lowest BCUT2D eigenvalue weighted by Gasteiger charge is -2.27. The predicted octanol–water partition coefficient (Wildman–Crippen LogP) is 4.38. The van der Waals surface area contributed by atoms with Crippen molar-refractivity contribution in [2.75, 3.05) is 20.1 Å². The van der Waals surface area contributed by atoms with Gasteiger partial charge < -0.3 is 10.0 Å². The van der Waals surface area contributed by atoms with Gasteiger partial charge in [0.1, 0.15) is 0 Å². The van der Waals surface area contributed by atoms with Crippen molar-refractivity contribution in [2.45, 2.75) is 44.6 Å². The van der Waals surface area contributed by atoms with Crippen LogP contribution in [0.5, 0.6) is 0 Å². The van der Waals surface area contributed by atoms with Gasteiger partial charge in [-0.05, 0) is 49.9 Å². The maximum atomic E-state index is 10.2. The highest BCUT2D eigenvalue weighted by Gasteiger charge is 2.16. The highest BCUT2D eigenvalue weighted by molar-refractivity contribution is 9.10. The molecule has 2 rings (SSSR count). The minimum Gasteiger partial charge on any atom is -0.388 e. The summed E-state index contributed by atoms with van der Waals surface area (Å²) in [5.41, 5.74) is 1.01. The fourth-order valence-electron chi connectivity index (χ4n) is 3.10. The van der Waals surface area contributed by atoms with Crippen molar-refractivity contribution in [1.82, 2.24) is 4.90 Å². The van der Waals surface area contributed by atoms with Crippen LogP contribution in [0, 0.1) is 5.92 Å². The Labute approximate surface area is 131 Å². The Hall–Kier alpha value is -0.380. The smallest absolute Gasteiger partial charge is 0.0802 e. The van der Waals surface area contributed by atoms with Gasteiger partial charge in [0.05, 0.1) is 6.10 Å². The molecule has 20 heavy (non-hydrogen) atoms. The monoisotopic (exact) mass is 339 g/mol. The van der Waals surface area contributed by atoms with E-state index in [0.717, 1.165) is 28.9 Å². The lowest BCUT2D eigenvalue weighted by atomic mass is 9.89. The molecular weight excluding hydrogens is 314 g/mol. The molecular formula is C17H26BrNO. The molecule has 1 aromatic carbocycles. The zero-order valence-electron chi connectivity index (χ0n) is 12.4. The molecule has 0 heterocycles. The highest BCUT2D eigenvalue weighted by Crippen LogP contribution is 2.25. The van der Waals surface area contributed by atoms with Crippen LogP contribution in [0.1, 0.15) is 50.2 Å². The Bertz CT molecular complexity index is 386. The van der Waals surface area contributed by atoms with Crippen LogP contribution in [0.4, 0.5) is 0 Å². The Morgan fingerprint density at radius 3 is 2.50 bits per heavy atom. The normalized spacial score (nSPS) is 18.4. The molecule has 2 nitrogen and oxygen atoms in total. The second-order valence-corrected chi connectivity index (χ2v) is 7.04. The van der Waals surface area contributed by atoms with Gasteiger partial charge in [0.15, 0.2) is 0 Å². The molecule has 1 aliphatic carbocycles. The summed E-state index contributed by atoms with van der Waals surface area (Å²) in [6, 6.07) is 7.97. The van der Waals surface area contributed by atoms with Gasteiger partial charge in [-0.3, -0.25) is 0 Å². The molecule has 1 aliphatic rings. The van der Waals surface area contributed by atoms with E-state index in [1.165, 1.54) is 38.6 Å². The van der Waals surface area contributed by atoms with Crippen LogP contribution < -0.4 is 0 Å². The van der Waals surface area contributed by atoms with Crippen molar-refractivity contribution in [3.63, 3.8) is 0 Å². The molecule has 1 fully saturated rings. The SMILES string of the molecule is CN(CCC(O)c1ccc(Br)cc1)CC1CCCCC1. The highest BCUT2D eigenvalue weighted by atomic mass is 79.9. The largest absolute Gasteiger partial charge is 0.388 e. The fraction of sp³-hybridized carbons (Fsp3) is 0.647. The molecule has 0 amide bonds. The molecule has 0 radical (unpaired) electrons. The van der Waals surface area contributed by atoms with E-state index in [4.69, 9.17) is 0 Å². The third-order valence-corrected chi connectivity index (χ3v) is 4.86. The van der Waals surface area contributed by atoms with Crippen molar-refractivity contribution < 1.29 is 5.11 Å². The molecule has 0 aliphatic heterocycles. The van der Waals surface area contributed by atoms with Crippen molar-refractivity contribution in [2.24, 2.45) is 5.92 Å². The number of hydrogen-bond donors (Lipinski definition) is 1. The number of halogens is 1. The maximum absolute atomic E-state index is 10.2. The van der Waals surface area contributed by atoms with Crippen LogP contribution in [-0.4, -0.2) is 30.1 Å². The summed E-state index contributed by atoms with van der Waals surface area (Å²) in [5.74, 6) is 0.874. The van der Waals surface area contributed by atoms with Gasteiger partial charge in [-0.2, -0.15) is 0 Å². The van der Waals surface area contributed by atoms with Crippen LogP contribution in [0.3, 0.4) is 0 Å².